The number of ether oxygens (including phenoxy) is 1. The second kappa shape index (κ2) is 5.57. The molecule has 0 saturated carbocycles. The monoisotopic (exact) mass is 126 g/mol. The Bertz CT molecular complexity index is 103. The molecular formula is C8H14O. The summed E-state index contributed by atoms with van der Waals surface area (Å²) < 4.78 is 4.85. The molecule has 0 spiro atoms. The van der Waals surface area contributed by atoms with Crippen molar-refractivity contribution in [2.45, 2.75) is 13.3 Å². The van der Waals surface area contributed by atoms with Crippen molar-refractivity contribution in [2.24, 2.45) is 0 Å². The summed E-state index contributed by atoms with van der Waals surface area (Å²) in [6.07, 6.45) is 4.91. The van der Waals surface area contributed by atoms with Crippen LogP contribution in [0.2, 0.25) is 0 Å². The largest absolute Gasteiger partial charge is 0.381 e. The molecule has 0 amide bonds. The smallest absolute Gasteiger partial charge is 0.0646 e. The number of methoxy groups -OCH3 is 1. The third kappa shape index (κ3) is 5.31. The fraction of sp³-hybridized carbons (Fsp3) is 0.500. The quantitative estimate of drug-likeness (QED) is 0.524. The van der Waals surface area contributed by atoms with Crippen LogP contribution in [0.3, 0.4) is 0 Å². The van der Waals surface area contributed by atoms with Crippen molar-refractivity contribution in [3.63, 3.8) is 0 Å². The van der Waals surface area contributed by atoms with Crippen molar-refractivity contribution < 1.29 is 4.74 Å². The van der Waals surface area contributed by atoms with Crippen LogP contribution in [0.5, 0.6) is 0 Å². The van der Waals surface area contributed by atoms with Crippen LogP contribution >= 0.6 is 0 Å². The Labute approximate surface area is 57.0 Å². The van der Waals surface area contributed by atoms with E-state index in [-0.39, 0.29) is 0 Å². The molecule has 0 saturated heterocycles. The van der Waals surface area contributed by atoms with Gasteiger partial charge in [-0.05, 0) is 13.3 Å². The van der Waals surface area contributed by atoms with E-state index in [1.165, 1.54) is 5.57 Å². The molecule has 1 heteroatoms. The van der Waals surface area contributed by atoms with Gasteiger partial charge in [0.05, 0.1) is 6.61 Å². The summed E-state index contributed by atoms with van der Waals surface area (Å²) in [6, 6.07) is 0. The molecule has 0 aliphatic carbocycles. The summed E-state index contributed by atoms with van der Waals surface area (Å²) in [6.45, 7) is 6.41. The molecule has 0 aliphatic rings. The predicted molar refractivity (Wildman–Crippen MR) is 40.4 cm³/mol. The fourth-order valence-corrected chi connectivity index (χ4v) is 0.537. The molecule has 0 aromatic carbocycles. The van der Waals surface area contributed by atoms with E-state index in [4.69, 9.17) is 4.74 Å². The van der Waals surface area contributed by atoms with Gasteiger partial charge < -0.3 is 4.74 Å². The lowest BCUT2D eigenvalue weighted by atomic mass is 10.2. The maximum atomic E-state index is 4.85. The van der Waals surface area contributed by atoms with Crippen molar-refractivity contribution in [2.75, 3.05) is 13.7 Å². The van der Waals surface area contributed by atoms with Gasteiger partial charge in [-0.25, -0.2) is 0 Å². The number of rotatable bonds is 4. The zero-order valence-corrected chi connectivity index (χ0v) is 6.18. The molecule has 9 heavy (non-hydrogen) atoms. The van der Waals surface area contributed by atoms with Gasteiger partial charge in [-0.15, -0.1) is 6.58 Å². The molecule has 52 valence electrons. The lowest BCUT2D eigenvalue weighted by molar-refractivity contribution is 0.233. The summed E-state index contributed by atoms with van der Waals surface area (Å²) in [5.74, 6) is 0. The zero-order valence-electron chi connectivity index (χ0n) is 6.18. The topological polar surface area (TPSA) is 9.23 Å². The van der Waals surface area contributed by atoms with Crippen molar-refractivity contribution in [1.29, 1.82) is 0 Å². The minimum absolute atomic E-state index is 0.708. The first kappa shape index (κ1) is 8.44. The first-order chi connectivity index (χ1) is 4.31. The van der Waals surface area contributed by atoms with Gasteiger partial charge in [-0.2, -0.15) is 0 Å². The molecule has 0 rings (SSSR count). The highest BCUT2D eigenvalue weighted by Crippen LogP contribution is 1.98. The van der Waals surface area contributed by atoms with Gasteiger partial charge in [-0.1, -0.05) is 17.7 Å². The van der Waals surface area contributed by atoms with Gasteiger partial charge in [0.25, 0.3) is 0 Å². The molecule has 0 N–H and O–H groups in total. The van der Waals surface area contributed by atoms with E-state index in [1.54, 1.807) is 7.11 Å². The summed E-state index contributed by atoms with van der Waals surface area (Å²) in [5, 5.41) is 0. The molecular weight excluding hydrogens is 112 g/mol. The van der Waals surface area contributed by atoms with Crippen LogP contribution in [0.25, 0.3) is 0 Å². The molecule has 0 aliphatic heterocycles. The minimum atomic E-state index is 0.708. The minimum Gasteiger partial charge on any atom is -0.381 e. The summed E-state index contributed by atoms with van der Waals surface area (Å²) in [7, 11) is 1.69. The van der Waals surface area contributed by atoms with E-state index in [2.05, 4.69) is 19.6 Å². The average molecular weight is 126 g/mol. The van der Waals surface area contributed by atoms with E-state index in [0.717, 1.165) is 6.42 Å². The molecule has 0 radical (unpaired) electrons. The predicted octanol–water partition coefficient (Wildman–Crippen LogP) is 2.16. The van der Waals surface area contributed by atoms with E-state index in [0.29, 0.717) is 6.61 Å². The first-order valence-electron chi connectivity index (χ1n) is 3.06. The Morgan fingerprint density at radius 3 is 2.78 bits per heavy atom. The molecule has 0 atom stereocenters. The van der Waals surface area contributed by atoms with Crippen LogP contribution in [0.4, 0.5) is 0 Å². The second-order valence-electron chi connectivity index (χ2n) is 2.00. The van der Waals surface area contributed by atoms with Crippen molar-refractivity contribution >= 4 is 0 Å². The Kier molecular flexibility index (Phi) is 5.23. The summed E-state index contributed by atoms with van der Waals surface area (Å²) in [4.78, 5) is 0. The van der Waals surface area contributed by atoms with Gasteiger partial charge in [-0.3, -0.25) is 0 Å². The van der Waals surface area contributed by atoms with Crippen molar-refractivity contribution in [3.8, 4) is 0 Å². The van der Waals surface area contributed by atoms with E-state index in [1.807, 2.05) is 6.08 Å². The normalized spacial score (nSPS) is 11.6. The zero-order chi connectivity index (χ0) is 7.11. The van der Waals surface area contributed by atoms with Crippen LogP contribution < -0.4 is 0 Å². The fourth-order valence-electron chi connectivity index (χ4n) is 0.537. The molecule has 0 aromatic heterocycles. The highest BCUT2D eigenvalue weighted by molar-refractivity contribution is 5.02. The van der Waals surface area contributed by atoms with Crippen LogP contribution in [0.15, 0.2) is 24.3 Å². The van der Waals surface area contributed by atoms with Crippen LogP contribution in [-0.4, -0.2) is 13.7 Å². The maximum absolute atomic E-state index is 4.85. The van der Waals surface area contributed by atoms with Gasteiger partial charge in [0.2, 0.25) is 0 Å². The average Bonchev–Trinajstić information content (AvgIpc) is 1.85. The van der Waals surface area contributed by atoms with Gasteiger partial charge in [0, 0.05) is 7.11 Å². The van der Waals surface area contributed by atoms with E-state index < -0.39 is 0 Å². The SMILES string of the molecule is C=CC/C(C)=C/COC. The molecule has 0 aromatic rings. The highest BCUT2D eigenvalue weighted by Gasteiger charge is 1.81. The standard InChI is InChI=1S/C8H14O/c1-4-5-8(2)6-7-9-3/h4,6H,1,5,7H2,2-3H3/b8-6+. The summed E-state index contributed by atoms with van der Waals surface area (Å²) in [5.41, 5.74) is 1.31. The molecule has 0 bridgehead atoms. The van der Waals surface area contributed by atoms with Crippen LogP contribution in [0.1, 0.15) is 13.3 Å². The number of hydrogen-bond acceptors (Lipinski definition) is 1. The molecule has 1 nitrogen and oxygen atoms in total. The molecule has 0 fully saturated rings. The Morgan fingerprint density at radius 1 is 1.67 bits per heavy atom. The Morgan fingerprint density at radius 2 is 2.33 bits per heavy atom. The number of allylic oxidation sites excluding steroid dienone is 2. The molecule has 0 unspecified atom stereocenters. The Balaban J connectivity index is 3.42. The highest BCUT2D eigenvalue weighted by atomic mass is 16.5. The maximum Gasteiger partial charge on any atom is 0.0646 e. The van der Waals surface area contributed by atoms with Gasteiger partial charge in [0.1, 0.15) is 0 Å². The van der Waals surface area contributed by atoms with Gasteiger partial charge in [0.15, 0.2) is 0 Å². The lowest BCUT2D eigenvalue weighted by Gasteiger charge is -1.93. The van der Waals surface area contributed by atoms with Crippen LogP contribution in [0, 0.1) is 0 Å². The number of hydrogen-bond donors (Lipinski definition) is 0. The van der Waals surface area contributed by atoms with Crippen molar-refractivity contribution in [1.82, 2.24) is 0 Å². The van der Waals surface area contributed by atoms with Crippen molar-refractivity contribution in [3.05, 3.63) is 24.3 Å². The Hall–Kier alpha value is -0.560. The van der Waals surface area contributed by atoms with Crippen LogP contribution in [-0.2, 0) is 4.74 Å². The second-order valence-corrected chi connectivity index (χ2v) is 2.00. The molecule has 0 heterocycles. The first-order valence-corrected chi connectivity index (χ1v) is 3.06. The lowest BCUT2D eigenvalue weighted by Crippen LogP contribution is -1.83. The third-order valence-electron chi connectivity index (χ3n) is 1.06. The summed E-state index contributed by atoms with van der Waals surface area (Å²) >= 11 is 0. The van der Waals surface area contributed by atoms with E-state index >= 15 is 0 Å². The van der Waals surface area contributed by atoms with E-state index in [9.17, 15) is 0 Å². The van der Waals surface area contributed by atoms with Gasteiger partial charge >= 0.3 is 0 Å². The third-order valence-corrected chi connectivity index (χ3v) is 1.06.